The largest absolute Gasteiger partial charge is 0.480 e. The van der Waals surface area contributed by atoms with Gasteiger partial charge in [-0.05, 0) is 22.3 Å². The minimum Gasteiger partial charge on any atom is -0.480 e. The van der Waals surface area contributed by atoms with Crippen LogP contribution in [0.5, 0.6) is 0 Å². The monoisotopic (exact) mass is 393 g/mol. The number of aliphatic carboxylic acids is 1. The van der Waals surface area contributed by atoms with Crippen molar-refractivity contribution >= 4 is 12.1 Å². The molecule has 1 heterocycles. The van der Waals surface area contributed by atoms with Crippen molar-refractivity contribution < 1.29 is 19.4 Å². The number of carboxylic acid groups (broad SMARTS) is 1. The summed E-state index contributed by atoms with van der Waals surface area (Å²) >= 11 is 0. The number of alkyl carbamates (subject to hydrolysis) is 1. The second kappa shape index (κ2) is 7.67. The first-order chi connectivity index (χ1) is 14.0. The fourth-order valence-electron chi connectivity index (χ4n) is 3.69. The number of nitrogens with one attached hydrogen (secondary N) is 3. The topological polar surface area (TPSA) is 124 Å². The summed E-state index contributed by atoms with van der Waals surface area (Å²) in [5, 5.41) is 16.5. The molecule has 2 aromatic carbocycles. The first-order valence-corrected chi connectivity index (χ1v) is 9.14. The number of carboxylic acids is 1. The molecule has 4 N–H and O–H groups in total. The van der Waals surface area contributed by atoms with E-state index in [1.807, 2.05) is 48.5 Å². The number of ether oxygens (including phenoxy) is 1. The summed E-state index contributed by atoms with van der Waals surface area (Å²) in [5.74, 6) is -1.37. The van der Waals surface area contributed by atoms with E-state index >= 15 is 0 Å². The van der Waals surface area contributed by atoms with Gasteiger partial charge in [-0.2, -0.15) is 0 Å². The predicted molar refractivity (Wildman–Crippen MR) is 105 cm³/mol. The van der Waals surface area contributed by atoms with E-state index in [1.165, 1.54) is 6.20 Å². The summed E-state index contributed by atoms with van der Waals surface area (Å²) in [5.41, 5.74) is 4.15. The number of benzene rings is 2. The Kier molecular flexibility index (Phi) is 4.90. The molecule has 1 aliphatic carbocycles. The number of fused-ring (bicyclic) bond motifs is 3. The van der Waals surface area contributed by atoms with E-state index < -0.39 is 23.7 Å². The third kappa shape index (κ3) is 3.64. The fraction of sp³-hybridized carbons (Fsp3) is 0.190. The number of hydrogen-bond acceptors (Lipinski definition) is 4. The molecule has 29 heavy (non-hydrogen) atoms. The third-order valence-electron chi connectivity index (χ3n) is 5.08. The second-order valence-electron chi connectivity index (χ2n) is 6.83. The Morgan fingerprint density at radius 1 is 1.07 bits per heavy atom. The van der Waals surface area contributed by atoms with Crippen molar-refractivity contribution in [1.29, 1.82) is 0 Å². The molecule has 4 rings (SSSR count). The van der Waals surface area contributed by atoms with Crippen LogP contribution in [0.3, 0.4) is 0 Å². The molecule has 0 radical (unpaired) electrons. The number of aromatic amines is 2. The summed E-state index contributed by atoms with van der Waals surface area (Å²) in [4.78, 5) is 35.3. The van der Waals surface area contributed by atoms with Gasteiger partial charge < -0.3 is 20.3 Å². The number of carbonyl (C=O) groups excluding carboxylic acids is 1. The van der Waals surface area contributed by atoms with Crippen LogP contribution in [-0.4, -0.2) is 40.0 Å². The van der Waals surface area contributed by atoms with Gasteiger partial charge in [-0.25, -0.2) is 9.59 Å². The fourth-order valence-corrected chi connectivity index (χ4v) is 3.69. The number of aromatic nitrogens is 2. The molecule has 0 saturated carbocycles. The van der Waals surface area contributed by atoms with Crippen LogP contribution in [0.25, 0.3) is 11.1 Å². The van der Waals surface area contributed by atoms with Crippen molar-refractivity contribution in [2.45, 2.75) is 18.4 Å². The number of carbonyl (C=O) groups is 2. The molecule has 0 saturated heterocycles. The van der Waals surface area contributed by atoms with Crippen LogP contribution in [0.2, 0.25) is 0 Å². The van der Waals surface area contributed by atoms with Gasteiger partial charge >= 0.3 is 12.1 Å². The Bertz CT molecular complexity index is 1070. The molecular weight excluding hydrogens is 374 g/mol. The summed E-state index contributed by atoms with van der Waals surface area (Å²) in [6.45, 7) is 0.0803. The summed E-state index contributed by atoms with van der Waals surface area (Å²) < 4.78 is 5.36. The summed E-state index contributed by atoms with van der Waals surface area (Å²) in [7, 11) is 0. The third-order valence-corrected chi connectivity index (χ3v) is 5.08. The highest BCUT2D eigenvalue weighted by Crippen LogP contribution is 2.44. The van der Waals surface area contributed by atoms with Crippen molar-refractivity contribution in [2.24, 2.45) is 0 Å². The highest BCUT2D eigenvalue weighted by Gasteiger charge is 2.30. The van der Waals surface area contributed by atoms with Gasteiger partial charge in [0.25, 0.3) is 5.56 Å². The van der Waals surface area contributed by atoms with Crippen molar-refractivity contribution in [3.63, 3.8) is 0 Å². The molecule has 0 fully saturated rings. The average molecular weight is 393 g/mol. The maximum atomic E-state index is 12.3. The molecule has 1 aliphatic rings. The molecule has 0 spiro atoms. The Morgan fingerprint density at radius 2 is 1.69 bits per heavy atom. The number of rotatable bonds is 6. The lowest BCUT2D eigenvalue weighted by atomic mass is 9.98. The molecule has 1 atom stereocenters. The zero-order chi connectivity index (χ0) is 20.4. The second-order valence-corrected chi connectivity index (χ2v) is 6.83. The first kappa shape index (κ1) is 18.5. The molecule has 3 aromatic rings. The highest BCUT2D eigenvalue weighted by atomic mass is 16.5. The Balaban J connectivity index is 1.45. The van der Waals surface area contributed by atoms with Crippen molar-refractivity contribution in [2.75, 3.05) is 6.61 Å². The first-order valence-electron chi connectivity index (χ1n) is 9.14. The minimum atomic E-state index is -1.28. The number of amides is 1. The Morgan fingerprint density at radius 3 is 2.24 bits per heavy atom. The molecule has 1 aromatic heterocycles. The smallest absolute Gasteiger partial charge is 0.407 e. The number of hydrogen-bond donors (Lipinski definition) is 4. The van der Waals surface area contributed by atoms with Gasteiger partial charge in [0.05, 0.1) is 0 Å². The molecule has 0 unspecified atom stereocenters. The maximum absolute atomic E-state index is 12.3. The van der Waals surface area contributed by atoms with E-state index in [-0.39, 0.29) is 24.5 Å². The summed E-state index contributed by atoms with van der Waals surface area (Å²) in [6.07, 6.45) is 0.377. The molecular formula is C21H19N3O5. The molecule has 8 nitrogen and oxygen atoms in total. The molecule has 0 bridgehead atoms. The number of H-pyrrole nitrogens is 2. The van der Waals surface area contributed by atoms with E-state index in [1.54, 1.807) is 0 Å². The van der Waals surface area contributed by atoms with Crippen LogP contribution in [0.1, 0.15) is 22.6 Å². The van der Waals surface area contributed by atoms with Crippen LogP contribution in [-0.2, 0) is 16.0 Å². The molecule has 148 valence electrons. The van der Waals surface area contributed by atoms with Crippen LogP contribution >= 0.6 is 0 Å². The van der Waals surface area contributed by atoms with Crippen LogP contribution in [0.15, 0.2) is 59.5 Å². The van der Waals surface area contributed by atoms with Gasteiger partial charge in [-0.1, -0.05) is 48.5 Å². The van der Waals surface area contributed by atoms with E-state index in [0.717, 1.165) is 22.3 Å². The van der Waals surface area contributed by atoms with Gasteiger partial charge in [0.1, 0.15) is 12.6 Å². The zero-order valence-corrected chi connectivity index (χ0v) is 15.3. The van der Waals surface area contributed by atoms with Crippen LogP contribution < -0.4 is 10.9 Å². The lowest BCUT2D eigenvalue weighted by molar-refractivity contribution is -0.139. The maximum Gasteiger partial charge on any atom is 0.407 e. The Hall–Kier alpha value is -3.81. The van der Waals surface area contributed by atoms with E-state index in [0.29, 0.717) is 0 Å². The van der Waals surface area contributed by atoms with Crippen molar-refractivity contribution in [1.82, 2.24) is 15.5 Å². The lowest BCUT2D eigenvalue weighted by Crippen LogP contribution is -2.43. The van der Waals surface area contributed by atoms with E-state index in [4.69, 9.17) is 4.74 Å². The van der Waals surface area contributed by atoms with E-state index in [2.05, 4.69) is 15.5 Å². The Labute approximate surface area is 165 Å². The van der Waals surface area contributed by atoms with Gasteiger partial charge in [0.15, 0.2) is 0 Å². The summed E-state index contributed by atoms with van der Waals surface area (Å²) in [6, 6.07) is 14.6. The standard InChI is InChI=1S/C21H19N3O5/c25-19-12(10-22-24-19)9-18(20(26)27)23-21(28)29-11-17-15-7-3-1-5-13(15)14-6-2-4-8-16(14)17/h1-8,10,17-18H,9,11H2,(H,23,28)(H,26,27)(H2,22,24,25)/t18-/m1/s1. The highest BCUT2D eigenvalue weighted by molar-refractivity contribution is 5.81. The normalized spacial score (nSPS) is 13.4. The van der Waals surface area contributed by atoms with Crippen molar-refractivity contribution in [3.8, 4) is 11.1 Å². The van der Waals surface area contributed by atoms with Gasteiger partial charge in [-0.3, -0.25) is 9.89 Å². The van der Waals surface area contributed by atoms with Gasteiger partial charge in [-0.15, -0.1) is 0 Å². The molecule has 8 heteroatoms. The minimum absolute atomic E-state index is 0.0803. The quantitative estimate of drug-likeness (QED) is 0.511. The lowest BCUT2D eigenvalue weighted by Gasteiger charge is -2.17. The predicted octanol–water partition coefficient (Wildman–Crippen LogP) is 2.24. The average Bonchev–Trinajstić information content (AvgIpc) is 3.27. The van der Waals surface area contributed by atoms with Gasteiger partial charge in [0, 0.05) is 24.1 Å². The molecule has 0 aliphatic heterocycles. The van der Waals surface area contributed by atoms with E-state index in [9.17, 15) is 19.5 Å². The van der Waals surface area contributed by atoms with Crippen molar-refractivity contribution in [3.05, 3.63) is 81.8 Å². The van der Waals surface area contributed by atoms with Gasteiger partial charge in [0.2, 0.25) is 0 Å². The SMILES string of the molecule is O=C(N[C@H](Cc1c[nH][nH]c1=O)C(=O)O)OCC1c2ccccc2-c2ccccc21. The molecule has 1 amide bonds. The van der Waals surface area contributed by atoms with Crippen LogP contribution in [0.4, 0.5) is 4.79 Å². The zero-order valence-electron chi connectivity index (χ0n) is 15.3. The van der Waals surface area contributed by atoms with Crippen LogP contribution in [0, 0.1) is 0 Å².